The first-order valence-electron chi connectivity index (χ1n) is 9.77. The first-order chi connectivity index (χ1) is 15.8. The highest BCUT2D eigenvalue weighted by Crippen LogP contribution is 2.38. The van der Waals surface area contributed by atoms with Gasteiger partial charge in [0, 0.05) is 16.5 Å². The molecular formula is C23H17F6NO3S. The zero-order valence-electron chi connectivity index (χ0n) is 17.7. The first-order valence-corrected chi connectivity index (χ1v) is 10.7. The number of amides is 1. The van der Waals surface area contributed by atoms with Crippen LogP contribution in [0.1, 0.15) is 44.3 Å². The lowest BCUT2D eigenvalue weighted by Gasteiger charge is -2.14. The van der Waals surface area contributed by atoms with Gasteiger partial charge in [-0.25, -0.2) is 4.79 Å². The summed E-state index contributed by atoms with van der Waals surface area (Å²) in [4.78, 5) is 25.3. The van der Waals surface area contributed by atoms with Crippen molar-refractivity contribution < 1.29 is 40.7 Å². The standard InChI is InChI=1S/C23H17F6NO3S/c1-3-33-21(32)18-17(13-6-4-12(2)5-7-13)11-34-20(18)30-19(31)14-8-15(22(24,25)26)10-16(9-14)23(27,28)29/h4-11H,3H2,1-2H3,(H,30,31). The van der Waals surface area contributed by atoms with Gasteiger partial charge in [-0.2, -0.15) is 26.3 Å². The number of anilines is 1. The molecule has 0 radical (unpaired) electrons. The van der Waals surface area contributed by atoms with Crippen molar-refractivity contribution in [1.29, 1.82) is 0 Å². The maximum absolute atomic E-state index is 13.1. The highest BCUT2D eigenvalue weighted by molar-refractivity contribution is 7.15. The quantitative estimate of drug-likeness (QED) is 0.297. The van der Waals surface area contributed by atoms with Gasteiger partial charge in [0.15, 0.2) is 0 Å². The largest absolute Gasteiger partial charge is 0.462 e. The number of benzene rings is 2. The SMILES string of the molecule is CCOC(=O)c1c(-c2ccc(C)cc2)csc1NC(=O)c1cc(C(F)(F)F)cc(C(F)(F)F)c1. The zero-order chi connectivity index (χ0) is 25.3. The van der Waals surface area contributed by atoms with Crippen molar-refractivity contribution in [2.24, 2.45) is 0 Å². The molecule has 0 aliphatic heterocycles. The van der Waals surface area contributed by atoms with Gasteiger partial charge in [0.1, 0.15) is 10.6 Å². The monoisotopic (exact) mass is 501 g/mol. The van der Waals surface area contributed by atoms with Crippen LogP contribution < -0.4 is 5.32 Å². The van der Waals surface area contributed by atoms with E-state index in [1.165, 1.54) is 0 Å². The number of hydrogen-bond donors (Lipinski definition) is 1. The van der Waals surface area contributed by atoms with Crippen LogP contribution >= 0.6 is 11.3 Å². The second kappa shape index (κ2) is 9.49. The van der Waals surface area contributed by atoms with Gasteiger partial charge in [0.2, 0.25) is 0 Å². The lowest BCUT2D eigenvalue weighted by Crippen LogP contribution is -2.18. The van der Waals surface area contributed by atoms with Crippen LogP contribution in [0.15, 0.2) is 47.8 Å². The van der Waals surface area contributed by atoms with Gasteiger partial charge in [0.05, 0.1) is 17.7 Å². The zero-order valence-corrected chi connectivity index (χ0v) is 18.5. The molecule has 4 nitrogen and oxygen atoms in total. The molecule has 1 N–H and O–H groups in total. The van der Waals surface area contributed by atoms with E-state index in [1.54, 1.807) is 36.6 Å². The maximum Gasteiger partial charge on any atom is 0.416 e. The topological polar surface area (TPSA) is 55.4 Å². The fraction of sp³-hybridized carbons (Fsp3) is 0.217. The Balaban J connectivity index is 2.05. The second-order valence-electron chi connectivity index (χ2n) is 7.19. The minimum Gasteiger partial charge on any atom is -0.462 e. The molecule has 0 bridgehead atoms. The molecule has 0 aliphatic carbocycles. The third kappa shape index (κ3) is 5.58. The van der Waals surface area contributed by atoms with Gasteiger partial charge in [-0.1, -0.05) is 29.8 Å². The number of thiophene rings is 1. The molecular weight excluding hydrogens is 484 g/mol. The third-order valence-electron chi connectivity index (χ3n) is 4.71. The average molecular weight is 501 g/mol. The summed E-state index contributed by atoms with van der Waals surface area (Å²) in [6.07, 6.45) is -10.2. The van der Waals surface area contributed by atoms with Gasteiger partial charge < -0.3 is 10.1 Å². The molecule has 0 saturated carbocycles. The van der Waals surface area contributed by atoms with E-state index in [4.69, 9.17) is 4.74 Å². The summed E-state index contributed by atoms with van der Waals surface area (Å²) in [5.74, 6) is -2.03. The Bertz CT molecular complexity index is 1180. The molecule has 0 aliphatic rings. The van der Waals surface area contributed by atoms with Crippen LogP contribution in [0.2, 0.25) is 0 Å². The smallest absolute Gasteiger partial charge is 0.416 e. The molecule has 34 heavy (non-hydrogen) atoms. The Morgan fingerprint density at radius 3 is 2.00 bits per heavy atom. The number of alkyl halides is 6. The molecule has 3 aromatic rings. The van der Waals surface area contributed by atoms with Crippen LogP contribution in [0.5, 0.6) is 0 Å². The van der Waals surface area contributed by atoms with Crippen LogP contribution in [0.3, 0.4) is 0 Å². The fourth-order valence-electron chi connectivity index (χ4n) is 3.06. The Morgan fingerprint density at radius 1 is 0.941 bits per heavy atom. The van der Waals surface area contributed by atoms with Crippen LogP contribution in [0.25, 0.3) is 11.1 Å². The molecule has 0 atom stereocenters. The predicted molar refractivity (Wildman–Crippen MR) is 115 cm³/mol. The van der Waals surface area contributed by atoms with Crippen molar-refractivity contribution in [2.45, 2.75) is 26.2 Å². The van der Waals surface area contributed by atoms with E-state index in [1.807, 2.05) is 6.92 Å². The normalized spacial score (nSPS) is 11.9. The molecule has 1 aromatic heterocycles. The Labute approximate surface area is 194 Å². The van der Waals surface area contributed by atoms with Gasteiger partial charge in [-0.05, 0) is 37.6 Å². The molecule has 1 heterocycles. The summed E-state index contributed by atoms with van der Waals surface area (Å²) in [6, 6.07) is 7.62. The van der Waals surface area contributed by atoms with Crippen LogP contribution in [0, 0.1) is 6.92 Å². The van der Waals surface area contributed by atoms with Crippen molar-refractivity contribution in [2.75, 3.05) is 11.9 Å². The summed E-state index contributed by atoms with van der Waals surface area (Å²) in [5, 5.41) is 3.75. The Hall–Kier alpha value is -3.34. The molecule has 11 heteroatoms. The summed E-state index contributed by atoms with van der Waals surface area (Å²) < 4.78 is 83.9. The van der Waals surface area contributed by atoms with E-state index in [9.17, 15) is 35.9 Å². The lowest BCUT2D eigenvalue weighted by atomic mass is 10.0. The molecule has 0 fully saturated rings. The van der Waals surface area contributed by atoms with Crippen LogP contribution in [-0.2, 0) is 17.1 Å². The van der Waals surface area contributed by atoms with Crippen molar-refractivity contribution in [3.63, 3.8) is 0 Å². The average Bonchev–Trinajstić information content (AvgIpc) is 3.16. The predicted octanol–water partition coefficient (Wildman–Crippen LogP) is 7.19. The van der Waals surface area contributed by atoms with E-state index in [2.05, 4.69) is 5.32 Å². The number of carbonyl (C=O) groups excluding carboxylic acids is 2. The minimum absolute atomic E-state index is 0.0119. The highest BCUT2D eigenvalue weighted by atomic mass is 32.1. The van der Waals surface area contributed by atoms with Gasteiger partial charge in [0.25, 0.3) is 5.91 Å². The van der Waals surface area contributed by atoms with E-state index < -0.39 is 40.9 Å². The minimum atomic E-state index is -5.10. The maximum atomic E-state index is 13.1. The number of nitrogens with one attached hydrogen (secondary N) is 1. The molecule has 0 spiro atoms. The number of rotatable bonds is 5. The van der Waals surface area contributed by atoms with Gasteiger partial charge >= 0.3 is 18.3 Å². The van der Waals surface area contributed by atoms with Crippen LogP contribution in [-0.4, -0.2) is 18.5 Å². The Kier molecular flexibility index (Phi) is 7.06. The number of hydrogen-bond acceptors (Lipinski definition) is 4. The van der Waals surface area contributed by atoms with Gasteiger partial charge in [-0.15, -0.1) is 11.3 Å². The molecule has 2 aromatic carbocycles. The van der Waals surface area contributed by atoms with E-state index in [-0.39, 0.29) is 23.2 Å². The molecule has 0 unspecified atom stereocenters. The van der Waals surface area contributed by atoms with E-state index in [0.717, 1.165) is 16.9 Å². The number of carbonyl (C=O) groups is 2. The fourth-order valence-corrected chi connectivity index (χ4v) is 4.02. The molecule has 1 amide bonds. The van der Waals surface area contributed by atoms with Crippen molar-refractivity contribution >= 4 is 28.2 Å². The van der Waals surface area contributed by atoms with E-state index >= 15 is 0 Å². The molecule has 0 saturated heterocycles. The number of ether oxygens (including phenoxy) is 1. The number of halogens is 6. The summed E-state index contributed by atoms with van der Waals surface area (Å²) in [7, 11) is 0. The Morgan fingerprint density at radius 2 is 1.50 bits per heavy atom. The van der Waals surface area contributed by atoms with Crippen molar-refractivity contribution in [3.8, 4) is 11.1 Å². The highest BCUT2D eigenvalue weighted by Gasteiger charge is 2.37. The molecule has 3 rings (SSSR count). The summed E-state index contributed by atoms with van der Waals surface area (Å²) in [5.41, 5.74) is -2.18. The molecule has 180 valence electrons. The van der Waals surface area contributed by atoms with Gasteiger partial charge in [-0.3, -0.25) is 4.79 Å². The van der Waals surface area contributed by atoms with Crippen molar-refractivity contribution in [3.05, 3.63) is 75.7 Å². The lowest BCUT2D eigenvalue weighted by molar-refractivity contribution is -0.143. The number of esters is 1. The second-order valence-corrected chi connectivity index (χ2v) is 8.07. The van der Waals surface area contributed by atoms with Crippen LogP contribution in [0.4, 0.5) is 31.3 Å². The third-order valence-corrected chi connectivity index (χ3v) is 5.61. The summed E-state index contributed by atoms with van der Waals surface area (Å²) in [6.45, 7) is 3.44. The van der Waals surface area contributed by atoms with Crippen molar-refractivity contribution in [1.82, 2.24) is 0 Å². The van der Waals surface area contributed by atoms with E-state index in [0.29, 0.717) is 23.3 Å². The number of aryl methyl sites for hydroxylation is 1. The first kappa shape index (κ1) is 25.3. The summed E-state index contributed by atoms with van der Waals surface area (Å²) >= 11 is 0.895.